The molecule has 1 heterocycles. The quantitative estimate of drug-likeness (QED) is 0.490. The molecular weight excluding hydrogens is 479 g/mol. The van der Waals surface area contributed by atoms with E-state index in [-0.39, 0.29) is 28.8 Å². The Balaban J connectivity index is 1.70. The van der Waals surface area contributed by atoms with Gasteiger partial charge in [-0.2, -0.15) is 8.78 Å². The molecule has 33 heavy (non-hydrogen) atoms. The van der Waals surface area contributed by atoms with Crippen LogP contribution in [0.1, 0.15) is 27.9 Å². The van der Waals surface area contributed by atoms with Gasteiger partial charge in [0.05, 0.1) is 18.2 Å². The van der Waals surface area contributed by atoms with Crippen molar-refractivity contribution in [3.05, 3.63) is 81.4 Å². The number of hydrogen-bond acceptors (Lipinski definition) is 4. The van der Waals surface area contributed by atoms with Crippen molar-refractivity contribution in [2.24, 2.45) is 0 Å². The molecule has 0 radical (unpaired) electrons. The number of hydrogen-bond donors (Lipinski definition) is 2. The van der Waals surface area contributed by atoms with Crippen molar-refractivity contribution in [1.29, 1.82) is 0 Å². The van der Waals surface area contributed by atoms with Crippen LogP contribution in [0.15, 0.2) is 54.6 Å². The summed E-state index contributed by atoms with van der Waals surface area (Å²) in [6.45, 7) is 0.338. The molecule has 2 atom stereocenters. The monoisotopic (exact) mass is 499 g/mol. The van der Waals surface area contributed by atoms with Crippen LogP contribution in [0.2, 0.25) is 10.0 Å². The summed E-state index contributed by atoms with van der Waals surface area (Å²) in [7, 11) is 0. The molecule has 2 aromatic carbocycles. The SMILES string of the molecule is O=C(O)c1ccc(CCN2C(=O)OCC[C@@H]2/C=C/[C@@H](O)C(F)(F)c2cc(Cl)cc(Cl)c2)cc1. The van der Waals surface area contributed by atoms with Crippen molar-refractivity contribution in [2.45, 2.75) is 30.9 Å². The minimum atomic E-state index is -3.66. The number of aliphatic hydroxyl groups is 1. The lowest BCUT2D eigenvalue weighted by atomic mass is 10.0. The number of rotatable bonds is 8. The fraction of sp³-hybridized carbons (Fsp3) is 0.304. The van der Waals surface area contributed by atoms with Crippen LogP contribution in [-0.4, -0.2) is 52.5 Å². The molecule has 0 unspecified atom stereocenters. The molecule has 3 rings (SSSR count). The number of amides is 1. The number of halogens is 4. The first-order valence-electron chi connectivity index (χ1n) is 10.0. The maximum atomic E-state index is 14.7. The fourth-order valence-corrected chi connectivity index (χ4v) is 3.96. The molecule has 2 N–H and O–H groups in total. The van der Waals surface area contributed by atoms with E-state index in [9.17, 15) is 23.5 Å². The summed E-state index contributed by atoms with van der Waals surface area (Å²) in [6, 6.07) is 9.03. The first-order chi connectivity index (χ1) is 15.6. The fourth-order valence-electron chi connectivity index (χ4n) is 3.43. The zero-order valence-electron chi connectivity index (χ0n) is 17.3. The van der Waals surface area contributed by atoms with Gasteiger partial charge in [0.1, 0.15) is 6.10 Å². The lowest BCUT2D eigenvalue weighted by Gasteiger charge is -2.33. The highest BCUT2D eigenvalue weighted by molar-refractivity contribution is 6.34. The van der Waals surface area contributed by atoms with Crippen molar-refractivity contribution >= 4 is 35.3 Å². The molecule has 1 aliphatic heterocycles. The summed E-state index contributed by atoms with van der Waals surface area (Å²) < 4.78 is 34.5. The largest absolute Gasteiger partial charge is 0.478 e. The number of cyclic esters (lactones) is 1. The molecule has 0 saturated carbocycles. The van der Waals surface area contributed by atoms with Gasteiger partial charge in [0.2, 0.25) is 0 Å². The Morgan fingerprint density at radius 1 is 1.21 bits per heavy atom. The summed E-state index contributed by atoms with van der Waals surface area (Å²) in [6.07, 6.45) is 0.308. The molecule has 1 fully saturated rings. The van der Waals surface area contributed by atoms with Gasteiger partial charge in [-0.05, 0) is 42.3 Å². The zero-order valence-corrected chi connectivity index (χ0v) is 18.8. The summed E-state index contributed by atoms with van der Waals surface area (Å²) >= 11 is 11.6. The molecule has 0 aromatic heterocycles. The van der Waals surface area contributed by atoms with E-state index < -0.39 is 35.7 Å². The van der Waals surface area contributed by atoms with Gasteiger partial charge in [-0.1, -0.05) is 47.5 Å². The molecule has 1 amide bonds. The number of carboxylic acids is 1. The van der Waals surface area contributed by atoms with Gasteiger partial charge in [0.25, 0.3) is 0 Å². The highest BCUT2D eigenvalue weighted by atomic mass is 35.5. The third kappa shape index (κ3) is 6.22. The average Bonchev–Trinajstić information content (AvgIpc) is 2.76. The Morgan fingerprint density at radius 3 is 2.45 bits per heavy atom. The highest BCUT2D eigenvalue weighted by Gasteiger charge is 2.40. The number of aromatic carboxylic acids is 1. The van der Waals surface area contributed by atoms with Crippen LogP contribution in [0.5, 0.6) is 0 Å². The highest BCUT2D eigenvalue weighted by Crippen LogP contribution is 2.36. The third-order valence-corrected chi connectivity index (χ3v) is 5.69. The second kappa shape index (κ2) is 10.5. The predicted octanol–water partition coefficient (Wildman–Crippen LogP) is 5.15. The number of carbonyl (C=O) groups excluding carboxylic acids is 1. The summed E-state index contributed by atoms with van der Waals surface area (Å²) in [4.78, 5) is 24.6. The van der Waals surface area contributed by atoms with E-state index in [0.29, 0.717) is 12.8 Å². The molecular formula is C23H21Cl2F2NO5. The topological polar surface area (TPSA) is 87.1 Å². The second-order valence-electron chi connectivity index (χ2n) is 7.53. The van der Waals surface area contributed by atoms with Crippen molar-refractivity contribution in [2.75, 3.05) is 13.2 Å². The van der Waals surface area contributed by atoms with Gasteiger partial charge in [-0.3, -0.25) is 0 Å². The Kier molecular flexibility index (Phi) is 7.94. The first kappa shape index (κ1) is 25.0. The predicted molar refractivity (Wildman–Crippen MR) is 119 cm³/mol. The maximum Gasteiger partial charge on any atom is 0.410 e. The van der Waals surface area contributed by atoms with Gasteiger partial charge in [0, 0.05) is 28.6 Å². The average molecular weight is 500 g/mol. The minimum absolute atomic E-state index is 0.0194. The van der Waals surface area contributed by atoms with Crippen molar-refractivity contribution in [1.82, 2.24) is 4.90 Å². The molecule has 2 aromatic rings. The molecule has 1 saturated heterocycles. The molecule has 0 aliphatic carbocycles. The first-order valence-corrected chi connectivity index (χ1v) is 10.8. The maximum absolute atomic E-state index is 14.7. The number of benzene rings is 2. The smallest absolute Gasteiger partial charge is 0.410 e. The Labute approximate surface area is 199 Å². The standard InChI is InChI=1S/C23H21Cl2F2NO5/c24-17-11-16(12-18(25)13-17)23(26,27)20(29)6-5-19-8-10-33-22(32)28(19)9-7-14-1-3-15(4-2-14)21(30)31/h1-6,11-13,19-20,29H,7-10H2,(H,30,31)/b6-5+/t19-,20+/m0/s1. The number of carboxylic acid groups (broad SMARTS) is 1. The van der Waals surface area contributed by atoms with Crippen LogP contribution in [0.3, 0.4) is 0 Å². The molecule has 1 aliphatic rings. The Morgan fingerprint density at radius 2 is 1.85 bits per heavy atom. The van der Waals surface area contributed by atoms with E-state index in [2.05, 4.69) is 0 Å². The Bertz CT molecular complexity index is 1030. The number of nitrogens with zero attached hydrogens (tertiary/aromatic N) is 1. The van der Waals surface area contributed by atoms with Gasteiger partial charge in [0.15, 0.2) is 0 Å². The summed E-state index contributed by atoms with van der Waals surface area (Å²) in [5.41, 5.74) is 0.417. The van der Waals surface area contributed by atoms with E-state index in [1.807, 2.05) is 0 Å². The summed E-state index contributed by atoms with van der Waals surface area (Å²) in [5, 5.41) is 19.2. The molecule has 176 valence electrons. The van der Waals surface area contributed by atoms with Gasteiger partial charge in [-0.15, -0.1) is 0 Å². The number of alkyl halides is 2. The lowest BCUT2D eigenvalue weighted by molar-refractivity contribution is -0.0929. The van der Waals surface area contributed by atoms with Crippen LogP contribution < -0.4 is 0 Å². The molecule has 6 nitrogen and oxygen atoms in total. The van der Waals surface area contributed by atoms with Crippen LogP contribution in [0, 0.1) is 0 Å². The van der Waals surface area contributed by atoms with E-state index in [1.54, 1.807) is 12.1 Å². The second-order valence-corrected chi connectivity index (χ2v) is 8.40. The number of ether oxygens (including phenoxy) is 1. The lowest BCUT2D eigenvalue weighted by Crippen LogP contribution is -2.45. The van der Waals surface area contributed by atoms with E-state index in [4.69, 9.17) is 33.0 Å². The van der Waals surface area contributed by atoms with Crippen molar-refractivity contribution in [3.8, 4) is 0 Å². The van der Waals surface area contributed by atoms with E-state index >= 15 is 0 Å². The van der Waals surface area contributed by atoms with E-state index in [1.165, 1.54) is 29.2 Å². The van der Waals surface area contributed by atoms with Gasteiger partial charge < -0.3 is 19.8 Å². The summed E-state index contributed by atoms with van der Waals surface area (Å²) in [5.74, 6) is -4.70. The van der Waals surface area contributed by atoms with E-state index in [0.717, 1.165) is 23.8 Å². The van der Waals surface area contributed by atoms with Crippen molar-refractivity contribution in [3.63, 3.8) is 0 Å². The Hall–Kier alpha value is -2.68. The number of carbonyl (C=O) groups is 2. The molecule has 0 bridgehead atoms. The molecule has 0 spiro atoms. The van der Waals surface area contributed by atoms with Crippen LogP contribution in [-0.2, 0) is 17.1 Å². The van der Waals surface area contributed by atoms with Gasteiger partial charge >= 0.3 is 18.0 Å². The minimum Gasteiger partial charge on any atom is -0.478 e. The van der Waals surface area contributed by atoms with Crippen LogP contribution in [0.4, 0.5) is 13.6 Å². The number of aliphatic hydroxyl groups excluding tert-OH is 1. The van der Waals surface area contributed by atoms with Gasteiger partial charge in [-0.25, -0.2) is 9.59 Å². The normalized spacial score (nSPS) is 17.8. The van der Waals surface area contributed by atoms with Crippen molar-refractivity contribution < 1.29 is 33.3 Å². The van der Waals surface area contributed by atoms with Crippen LogP contribution >= 0.6 is 23.2 Å². The van der Waals surface area contributed by atoms with Crippen LogP contribution in [0.25, 0.3) is 0 Å². The zero-order chi connectivity index (χ0) is 24.2. The molecule has 10 heteroatoms. The third-order valence-electron chi connectivity index (χ3n) is 5.25.